The van der Waals surface area contributed by atoms with Gasteiger partial charge in [-0.25, -0.2) is 4.39 Å². The van der Waals surface area contributed by atoms with Crippen LogP contribution < -0.4 is 10.6 Å². The number of thioether (sulfide) groups is 1. The molecule has 0 atom stereocenters. The van der Waals surface area contributed by atoms with E-state index in [2.05, 4.69) is 26.0 Å². The van der Waals surface area contributed by atoms with Crippen molar-refractivity contribution in [1.29, 1.82) is 0 Å². The summed E-state index contributed by atoms with van der Waals surface area (Å²) in [5.41, 5.74) is 0.585. The Morgan fingerprint density at radius 3 is 3.00 bits per heavy atom. The molecule has 0 bridgehead atoms. The van der Waals surface area contributed by atoms with Gasteiger partial charge in [0.15, 0.2) is 10.2 Å². The van der Waals surface area contributed by atoms with E-state index in [1.54, 1.807) is 25.1 Å². The molecule has 0 radical (unpaired) electrons. The number of benzene rings is 1. The minimum atomic E-state index is -0.334. The third kappa shape index (κ3) is 4.52. The molecule has 0 spiro atoms. The molecule has 124 valence electrons. The molecular weight excluding hydrogens is 353 g/mol. The van der Waals surface area contributed by atoms with E-state index in [0.29, 0.717) is 26.7 Å². The highest BCUT2D eigenvalue weighted by molar-refractivity contribution is 8.01. The molecule has 2 aromatic heterocycles. The predicted octanol–water partition coefficient (Wildman–Crippen LogP) is 3.45. The highest BCUT2D eigenvalue weighted by Gasteiger charge is 2.10. The number of nitrogens with zero attached hydrogens (tertiary/aromatic N) is 3. The maximum atomic E-state index is 13.1. The van der Waals surface area contributed by atoms with Crippen LogP contribution in [0, 0.1) is 12.7 Å². The van der Waals surface area contributed by atoms with Gasteiger partial charge in [0.25, 0.3) is 0 Å². The maximum absolute atomic E-state index is 13.1. The number of amides is 1. The van der Waals surface area contributed by atoms with Crippen LogP contribution in [-0.4, -0.2) is 27.0 Å². The molecule has 3 aromatic rings. The fraction of sp³-hybridized carbons (Fsp3) is 0.143. The van der Waals surface area contributed by atoms with Gasteiger partial charge in [-0.3, -0.25) is 4.79 Å². The summed E-state index contributed by atoms with van der Waals surface area (Å²) in [5, 5.41) is 17.7. The number of hydrogen-bond acceptors (Lipinski definition) is 8. The first-order chi connectivity index (χ1) is 11.6. The van der Waals surface area contributed by atoms with Crippen LogP contribution in [0.5, 0.6) is 0 Å². The Kier molecular flexibility index (Phi) is 5.06. The van der Waals surface area contributed by atoms with Gasteiger partial charge in [0.1, 0.15) is 11.6 Å². The summed E-state index contributed by atoms with van der Waals surface area (Å²) in [7, 11) is 0. The van der Waals surface area contributed by atoms with Crippen molar-refractivity contribution < 1.29 is 13.7 Å². The molecule has 1 aromatic carbocycles. The zero-order valence-corrected chi connectivity index (χ0v) is 14.1. The van der Waals surface area contributed by atoms with Crippen molar-refractivity contribution >= 4 is 45.6 Å². The minimum Gasteiger partial charge on any atom is -0.360 e. The van der Waals surface area contributed by atoms with Crippen LogP contribution in [0.2, 0.25) is 0 Å². The third-order valence-corrected chi connectivity index (χ3v) is 4.68. The Morgan fingerprint density at radius 2 is 2.25 bits per heavy atom. The van der Waals surface area contributed by atoms with Gasteiger partial charge >= 0.3 is 0 Å². The predicted molar refractivity (Wildman–Crippen MR) is 90.2 cm³/mol. The molecule has 0 unspecified atom stereocenters. The van der Waals surface area contributed by atoms with Crippen molar-refractivity contribution in [2.75, 3.05) is 16.4 Å². The van der Waals surface area contributed by atoms with Crippen LogP contribution in [0.3, 0.4) is 0 Å². The monoisotopic (exact) mass is 365 g/mol. The highest BCUT2D eigenvalue weighted by atomic mass is 32.2. The number of carbonyl (C=O) groups excluding carboxylic acids is 1. The van der Waals surface area contributed by atoms with Crippen LogP contribution in [0.25, 0.3) is 0 Å². The summed E-state index contributed by atoms with van der Waals surface area (Å²) >= 11 is 2.53. The lowest BCUT2D eigenvalue weighted by Crippen LogP contribution is -2.14. The highest BCUT2D eigenvalue weighted by Crippen LogP contribution is 2.27. The second-order valence-corrected chi connectivity index (χ2v) is 6.87. The number of hydrogen-bond donors (Lipinski definition) is 2. The van der Waals surface area contributed by atoms with Gasteiger partial charge in [-0.2, -0.15) is 0 Å². The fourth-order valence-electron chi connectivity index (χ4n) is 1.74. The molecule has 2 N–H and O–H groups in total. The van der Waals surface area contributed by atoms with Gasteiger partial charge in [-0.05, 0) is 25.1 Å². The van der Waals surface area contributed by atoms with Crippen molar-refractivity contribution in [3.63, 3.8) is 0 Å². The van der Waals surface area contributed by atoms with Gasteiger partial charge in [0.2, 0.25) is 11.0 Å². The molecular formula is C14H12FN5O2S2. The van der Waals surface area contributed by atoms with E-state index >= 15 is 0 Å². The van der Waals surface area contributed by atoms with Crippen molar-refractivity contribution in [2.45, 2.75) is 11.3 Å². The molecule has 0 aliphatic rings. The van der Waals surface area contributed by atoms with Crippen LogP contribution in [0.1, 0.15) is 5.76 Å². The topological polar surface area (TPSA) is 92.9 Å². The van der Waals surface area contributed by atoms with E-state index < -0.39 is 0 Å². The van der Waals surface area contributed by atoms with Gasteiger partial charge in [0, 0.05) is 11.8 Å². The number of nitrogens with one attached hydrogen (secondary N) is 2. The fourth-order valence-corrected chi connectivity index (χ4v) is 3.31. The second kappa shape index (κ2) is 7.41. The largest absolute Gasteiger partial charge is 0.360 e. The van der Waals surface area contributed by atoms with Gasteiger partial charge in [0.05, 0.1) is 5.75 Å². The van der Waals surface area contributed by atoms with E-state index in [4.69, 9.17) is 4.52 Å². The average Bonchev–Trinajstić information content (AvgIpc) is 3.14. The smallest absolute Gasteiger partial charge is 0.236 e. The molecule has 2 heterocycles. The maximum Gasteiger partial charge on any atom is 0.236 e. The number of carbonyl (C=O) groups is 1. The Morgan fingerprint density at radius 1 is 1.38 bits per heavy atom. The molecule has 7 nitrogen and oxygen atoms in total. The van der Waals surface area contributed by atoms with E-state index in [1.165, 1.54) is 35.2 Å². The minimum absolute atomic E-state index is 0.167. The summed E-state index contributed by atoms with van der Waals surface area (Å²) in [6.07, 6.45) is 0. The Bertz CT molecular complexity index is 851. The number of anilines is 3. The number of aromatic nitrogens is 3. The van der Waals surface area contributed by atoms with Crippen LogP contribution in [-0.2, 0) is 4.79 Å². The lowest BCUT2D eigenvalue weighted by atomic mass is 10.3. The first-order valence-electron chi connectivity index (χ1n) is 6.80. The second-order valence-electron chi connectivity index (χ2n) is 4.67. The molecule has 0 saturated carbocycles. The van der Waals surface area contributed by atoms with E-state index in [-0.39, 0.29) is 17.5 Å². The first kappa shape index (κ1) is 16.4. The molecule has 0 saturated heterocycles. The molecule has 10 heteroatoms. The number of rotatable bonds is 6. The molecule has 0 fully saturated rings. The van der Waals surface area contributed by atoms with Crippen LogP contribution in [0.15, 0.2) is 39.2 Å². The lowest BCUT2D eigenvalue weighted by Gasteiger charge is -2.00. The quantitative estimate of drug-likeness (QED) is 0.646. The van der Waals surface area contributed by atoms with Gasteiger partial charge in [-0.15, -0.1) is 10.2 Å². The van der Waals surface area contributed by atoms with Gasteiger partial charge < -0.3 is 15.2 Å². The van der Waals surface area contributed by atoms with Crippen molar-refractivity contribution in [3.05, 3.63) is 41.9 Å². The molecule has 0 aliphatic carbocycles. The van der Waals surface area contributed by atoms with Crippen LogP contribution in [0.4, 0.5) is 21.0 Å². The first-order valence-corrected chi connectivity index (χ1v) is 8.61. The molecule has 24 heavy (non-hydrogen) atoms. The average molecular weight is 365 g/mol. The van der Waals surface area contributed by atoms with E-state index in [1.807, 2.05) is 0 Å². The van der Waals surface area contributed by atoms with Crippen molar-refractivity contribution in [1.82, 2.24) is 15.4 Å². The van der Waals surface area contributed by atoms with Gasteiger partial charge in [-0.1, -0.05) is 34.3 Å². The molecule has 1 amide bonds. The lowest BCUT2D eigenvalue weighted by molar-refractivity contribution is -0.113. The normalized spacial score (nSPS) is 10.6. The third-order valence-electron chi connectivity index (χ3n) is 2.70. The zero-order chi connectivity index (χ0) is 16.9. The van der Waals surface area contributed by atoms with E-state index in [9.17, 15) is 9.18 Å². The zero-order valence-electron chi connectivity index (χ0n) is 12.4. The summed E-state index contributed by atoms with van der Waals surface area (Å²) < 4.78 is 18.6. The summed E-state index contributed by atoms with van der Waals surface area (Å²) in [4.78, 5) is 11.8. The molecule has 0 aliphatic heterocycles. The summed E-state index contributed by atoms with van der Waals surface area (Å²) in [6.45, 7) is 1.74. The Balaban J connectivity index is 1.51. The van der Waals surface area contributed by atoms with Crippen molar-refractivity contribution in [2.24, 2.45) is 0 Å². The number of aryl methyl sites for hydroxylation is 1. The SMILES string of the molecule is Cc1cc(NC(=O)CSc2nnc(Nc3cccc(F)c3)s2)no1. The Hall–Kier alpha value is -2.46. The Labute approximate surface area is 144 Å². The summed E-state index contributed by atoms with van der Waals surface area (Å²) in [6, 6.07) is 7.69. The van der Waals surface area contributed by atoms with E-state index in [0.717, 1.165) is 0 Å². The summed E-state index contributed by atoms with van der Waals surface area (Å²) in [5.74, 6) is 0.613. The van der Waals surface area contributed by atoms with Crippen molar-refractivity contribution in [3.8, 4) is 0 Å². The van der Waals surface area contributed by atoms with Crippen LogP contribution >= 0.6 is 23.1 Å². The number of halogens is 1. The standard InChI is InChI=1S/C14H12FN5O2S2/c1-8-5-11(20-22-8)17-12(21)7-23-14-19-18-13(24-14)16-10-4-2-3-9(15)6-10/h2-6H,7H2,1H3,(H,16,18)(H,17,20,21). The molecule has 3 rings (SSSR count).